The molecule has 0 saturated carbocycles. The van der Waals surface area contributed by atoms with Gasteiger partial charge in [-0.15, -0.1) is 0 Å². The average molecular weight is 965 g/mol. The number of aromatic nitrogens is 4. The maximum absolute atomic E-state index is 6.80. The van der Waals surface area contributed by atoms with Crippen molar-refractivity contribution in [1.29, 1.82) is 0 Å². The van der Waals surface area contributed by atoms with Crippen molar-refractivity contribution in [3.05, 3.63) is 213 Å². The molecule has 4 aromatic carbocycles. The standard InChI is InChI=1S/C60H60N4O8/c1-37-45-25-50(58(29-53(45)65-5)70-34-42-11-19-62-20-12-42)39(3)47-27-52(60(31-55(47)67-7)72-36-44-15-23-64-24-16-44)40(4)48-28-51(59(32-56(48)68-8)71-35-43-13-21-63-22-14-43)38(2)46-26-49(37)57(30-54(46)66-6)69-33-41-9-17-61-18-10-41/h9-32,37-40H,33-36H2,1-8H3/t37-,38-,39-,40-/m0/s1. The lowest BCUT2D eigenvalue weighted by Gasteiger charge is -2.29. The molecule has 1 aliphatic rings. The van der Waals surface area contributed by atoms with Crippen LogP contribution in [-0.2, 0) is 26.4 Å². The molecule has 8 bridgehead atoms. The lowest BCUT2D eigenvalue weighted by molar-refractivity contribution is 0.296. The molecule has 0 unspecified atom stereocenters. The van der Waals surface area contributed by atoms with Crippen molar-refractivity contribution >= 4 is 0 Å². The summed E-state index contributed by atoms with van der Waals surface area (Å²) in [4.78, 5) is 16.9. The SMILES string of the molecule is COc1cc(OCc2ccncc2)c2cc1[C@H](C)c1cc(c(OC)cc1OCc1ccncc1)[C@H](C)c1cc(c(OC)cc1OCc1ccncc1)[C@H](C)c1cc(c(OC)cc1OCc1ccncc1)[C@@H]2C. The van der Waals surface area contributed by atoms with E-state index >= 15 is 0 Å². The fourth-order valence-corrected chi connectivity index (χ4v) is 9.53. The predicted molar refractivity (Wildman–Crippen MR) is 276 cm³/mol. The van der Waals surface area contributed by atoms with Gasteiger partial charge in [-0.05, 0) is 95.1 Å². The number of hydrogen-bond donors (Lipinski definition) is 0. The van der Waals surface area contributed by atoms with E-state index in [1.807, 2.05) is 72.8 Å². The molecule has 0 aliphatic heterocycles. The largest absolute Gasteiger partial charge is 0.496 e. The Kier molecular flexibility index (Phi) is 15.1. The third kappa shape index (κ3) is 10.5. The molecule has 1 aliphatic carbocycles. The minimum Gasteiger partial charge on any atom is -0.496 e. The number of benzene rings is 4. The van der Waals surface area contributed by atoms with Crippen molar-refractivity contribution < 1.29 is 37.9 Å². The first kappa shape index (κ1) is 48.9. The van der Waals surface area contributed by atoms with Crippen LogP contribution in [0.1, 0.15) is 118 Å². The van der Waals surface area contributed by atoms with Crippen LogP contribution < -0.4 is 37.9 Å². The van der Waals surface area contributed by atoms with E-state index in [2.05, 4.69) is 71.9 Å². The van der Waals surface area contributed by atoms with Gasteiger partial charge in [-0.3, -0.25) is 19.9 Å². The van der Waals surface area contributed by atoms with Crippen LogP contribution in [0.15, 0.2) is 147 Å². The Bertz CT molecular complexity index is 2680. The smallest absolute Gasteiger partial charge is 0.127 e. The summed E-state index contributed by atoms with van der Waals surface area (Å²) in [6.07, 6.45) is 14.2. The zero-order valence-corrected chi connectivity index (χ0v) is 42.0. The lowest BCUT2D eigenvalue weighted by atomic mass is 9.80. The summed E-state index contributed by atoms with van der Waals surface area (Å²) in [7, 11) is 6.80. The van der Waals surface area contributed by atoms with E-state index in [0.717, 1.165) is 66.8 Å². The number of hydrogen-bond acceptors (Lipinski definition) is 12. The van der Waals surface area contributed by atoms with Gasteiger partial charge in [0.2, 0.25) is 0 Å². The summed E-state index contributed by atoms with van der Waals surface area (Å²) in [5, 5.41) is 0. The molecule has 0 saturated heterocycles. The summed E-state index contributed by atoms with van der Waals surface area (Å²) in [6.45, 7) is 10.0. The number of pyridine rings is 4. The summed E-state index contributed by atoms with van der Waals surface area (Å²) in [5.41, 5.74) is 11.5. The van der Waals surface area contributed by atoms with Crippen molar-refractivity contribution in [2.75, 3.05) is 28.4 Å². The summed E-state index contributed by atoms with van der Waals surface area (Å²) in [6, 6.07) is 32.6. The van der Waals surface area contributed by atoms with E-state index < -0.39 is 0 Å². The molecule has 12 nitrogen and oxygen atoms in total. The van der Waals surface area contributed by atoms with Gasteiger partial charge in [0.25, 0.3) is 0 Å². The van der Waals surface area contributed by atoms with E-state index in [1.165, 1.54) is 0 Å². The zero-order valence-electron chi connectivity index (χ0n) is 42.0. The first-order valence-electron chi connectivity index (χ1n) is 24.1. The maximum atomic E-state index is 6.80. The predicted octanol–water partition coefficient (Wildman–Crippen LogP) is 12.5. The Morgan fingerprint density at radius 1 is 0.278 bits per heavy atom. The molecule has 12 heteroatoms. The van der Waals surface area contributed by atoms with Gasteiger partial charge in [-0.1, -0.05) is 27.7 Å². The highest BCUT2D eigenvalue weighted by Crippen LogP contribution is 2.51. The molecule has 4 heterocycles. The first-order valence-corrected chi connectivity index (χ1v) is 24.1. The van der Waals surface area contributed by atoms with Crippen LogP contribution in [0.2, 0.25) is 0 Å². The second kappa shape index (κ2) is 22.3. The highest BCUT2D eigenvalue weighted by molar-refractivity contribution is 5.63. The Labute approximate surface area is 421 Å². The first-order chi connectivity index (χ1) is 35.2. The van der Waals surface area contributed by atoms with Gasteiger partial charge in [-0.2, -0.15) is 0 Å². The van der Waals surface area contributed by atoms with Crippen LogP contribution in [0.4, 0.5) is 0 Å². The lowest BCUT2D eigenvalue weighted by Crippen LogP contribution is -2.13. The minimum absolute atomic E-state index is 0.271. The fraction of sp³-hybridized carbons (Fsp3) is 0.267. The molecule has 4 aromatic heterocycles. The highest BCUT2D eigenvalue weighted by atomic mass is 16.5. The second-order valence-corrected chi connectivity index (χ2v) is 18.0. The third-order valence-electron chi connectivity index (χ3n) is 13.8. The van der Waals surface area contributed by atoms with Gasteiger partial charge in [0.1, 0.15) is 72.4 Å². The summed E-state index contributed by atoms with van der Waals surface area (Å²) in [5.74, 6) is 4.30. The van der Waals surface area contributed by atoms with Crippen molar-refractivity contribution in [2.45, 2.75) is 77.8 Å². The molecular weight excluding hydrogens is 905 g/mol. The molecule has 0 fully saturated rings. The molecule has 72 heavy (non-hydrogen) atoms. The molecule has 0 spiro atoms. The maximum Gasteiger partial charge on any atom is 0.127 e. The average Bonchev–Trinajstić information content (AvgIpc) is 3.44. The van der Waals surface area contributed by atoms with E-state index in [0.29, 0.717) is 72.4 Å². The third-order valence-corrected chi connectivity index (χ3v) is 13.8. The molecule has 0 radical (unpaired) electrons. The monoisotopic (exact) mass is 964 g/mol. The molecule has 4 atom stereocenters. The number of fused-ring (bicyclic) bond motifs is 8. The molecule has 0 N–H and O–H groups in total. The van der Waals surface area contributed by atoms with Gasteiger partial charge in [-0.25, -0.2) is 0 Å². The van der Waals surface area contributed by atoms with Crippen LogP contribution in [0.25, 0.3) is 0 Å². The fourth-order valence-electron chi connectivity index (χ4n) is 9.53. The van der Waals surface area contributed by atoms with Gasteiger partial charge in [0.05, 0.1) is 28.4 Å². The number of nitrogens with zero attached hydrogens (tertiary/aromatic N) is 4. The van der Waals surface area contributed by atoms with Crippen LogP contribution in [0, 0.1) is 0 Å². The molecule has 0 amide bonds. The van der Waals surface area contributed by atoms with Crippen molar-refractivity contribution in [3.8, 4) is 46.0 Å². The summed E-state index contributed by atoms with van der Waals surface area (Å²) < 4.78 is 52.4. The Morgan fingerprint density at radius 2 is 0.458 bits per heavy atom. The summed E-state index contributed by atoms with van der Waals surface area (Å²) >= 11 is 0. The van der Waals surface area contributed by atoms with Crippen LogP contribution in [0.5, 0.6) is 46.0 Å². The van der Waals surface area contributed by atoms with Crippen LogP contribution in [-0.4, -0.2) is 48.4 Å². The molecule has 9 rings (SSSR count). The number of methoxy groups -OCH3 is 4. The number of rotatable bonds is 16. The van der Waals surface area contributed by atoms with Crippen molar-refractivity contribution in [3.63, 3.8) is 0 Å². The topological polar surface area (TPSA) is 125 Å². The minimum atomic E-state index is -0.271. The zero-order chi connectivity index (χ0) is 50.1. The normalized spacial score (nSPS) is 16.0. The van der Waals surface area contributed by atoms with Crippen LogP contribution in [0.3, 0.4) is 0 Å². The van der Waals surface area contributed by atoms with E-state index in [9.17, 15) is 0 Å². The quantitative estimate of drug-likeness (QED) is 0.0915. The van der Waals surface area contributed by atoms with E-state index in [-0.39, 0.29) is 23.7 Å². The molecular formula is C60H60N4O8. The number of ether oxygens (including phenoxy) is 8. The van der Waals surface area contributed by atoms with Gasteiger partial charge < -0.3 is 37.9 Å². The van der Waals surface area contributed by atoms with E-state index in [1.54, 1.807) is 78.0 Å². The Balaban J connectivity index is 1.30. The van der Waals surface area contributed by atoms with Crippen molar-refractivity contribution in [2.24, 2.45) is 0 Å². The highest BCUT2D eigenvalue weighted by Gasteiger charge is 2.31. The molecule has 8 aromatic rings. The van der Waals surface area contributed by atoms with Gasteiger partial charge >= 0.3 is 0 Å². The Morgan fingerprint density at radius 3 is 0.639 bits per heavy atom. The van der Waals surface area contributed by atoms with Gasteiger partial charge in [0, 0.05) is 142 Å². The molecule has 368 valence electrons. The van der Waals surface area contributed by atoms with Crippen LogP contribution >= 0.6 is 0 Å². The Hall–Kier alpha value is -8.12. The van der Waals surface area contributed by atoms with Crippen molar-refractivity contribution in [1.82, 2.24) is 19.9 Å². The second-order valence-electron chi connectivity index (χ2n) is 18.0. The van der Waals surface area contributed by atoms with Gasteiger partial charge in [0.15, 0.2) is 0 Å². The van der Waals surface area contributed by atoms with E-state index in [4.69, 9.17) is 37.9 Å².